The molecule has 1 fully saturated rings. The molecule has 0 saturated carbocycles. The number of nitrogens with one attached hydrogen (secondary N) is 1. The van der Waals surface area contributed by atoms with Gasteiger partial charge in [0.25, 0.3) is 0 Å². The monoisotopic (exact) mass is 234 g/mol. The van der Waals surface area contributed by atoms with Crippen LogP contribution in [0.25, 0.3) is 0 Å². The van der Waals surface area contributed by atoms with Gasteiger partial charge >= 0.3 is 0 Å². The molecular formula is C9H18N2O3S. The Labute approximate surface area is 90.3 Å². The molecule has 0 aromatic carbocycles. The zero-order valence-corrected chi connectivity index (χ0v) is 9.55. The number of rotatable bonds is 4. The first-order valence-corrected chi connectivity index (χ1v) is 7.05. The molecule has 1 amide bonds. The second kappa shape index (κ2) is 5.46. The molecule has 1 aliphatic rings. The van der Waals surface area contributed by atoms with Gasteiger partial charge in [-0.3, -0.25) is 4.79 Å². The van der Waals surface area contributed by atoms with Crippen molar-refractivity contribution in [1.29, 1.82) is 0 Å². The summed E-state index contributed by atoms with van der Waals surface area (Å²) in [5.41, 5.74) is 5.29. The zero-order chi connectivity index (χ0) is 11.3. The van der Waals surface area contributed by atoms with Gasteiger partial charge in [0.05, 0.1) is 11.5 Å². The molecule has 1 saturated heterocycles. The summed E-state index contributed by atoms with van der Waals surface area (Å²) < 4.78 is 22.2. The minimum atomic E-state index is -2.84. The normalized spacial score (nSPS) is 21.1. The second-order valence-corrected chi connectivity index (χ2v) is 6.19. The molecule has 88 valence electrons. The lowest BCUT2D eigenvalue weighted by molar-refractivity contribution is -0.121. The SMILES string of the molecule is NCCCC(=O)NC1CCS(=O)(=O)CC1. The van der Waals surface area contributed by atoms with Gasteiger partial charge in [0.15, 0.2) is 0 Å². The third-order valence-corrected chi connectivity index (χ3v) is 4.24. The van der Waals surface area contributed by atoms with Crippen LogP contribution in [0.15, 0.2) is 0 Å². The topological polar surface area (TPSA) is 89.3 Å². The molecule has 0 atom stereocenters. The molecule has 0 aliphatic carbocycles. The Morgan fingerprint density at radius 2 is 1.93 bits per heavy atom. The standard InChI is InChI=1S/C9H18N2O3S/c10-5-1-2-9(12)11-8-3-6-15(13,14)7-4-8/h8H,1-7,10H2,(H,11,12). The summed E-state index contributed by atoms with van der Waals surface area (Å²) in [6, 6.07) is 0.0267. The highest BCUT2D eigenvalue weighted by Gasteiger charge is 2.24. The van der Waals surface area contributed by atoms with Crippen LogP contribution in [0.3, 0.4) is 0 Å². The maximum atomic E-state index is 11.3. The van der Waals surface area contributed by atoms with Crippen molar-refractivity contribution in [2.45, 2.75) is 31.7 Å². The lowest BCUT2D eigenvalue weighted by Crippen LogP contribution is -2.40. The summed E-state index contributed by atoms with van der Waals surface area (Å²) in [7, 11) is -2.84. The molecule has 15 heavy (non-hydrogen) atoms. The van der Waals surface area contributed by atoms with Crippen LogP contribution < -0.4 is 11.1 Å². The Bertz CT molecular complexity index is 299. The highest BCUT2D eigenvalue weighted by Crippen LogP contribution is 2.12. The lowest BCUT2D eigenvalue weighted by atomic mass is 10.1. The molecule has 6 heteroatoms. The van der Waals surface area contributed by atoms with E-state index in [-0.39, 0.29) is 23.5 Å². The van der Waals surface area contributed by atoms with Crippen molar-refractivity contribution in [3.8, 4) is 0 Å². The van der Waals surface area contributed by atoms with Crippen LogP contribution in [0.4, 0.5) is 0 Å². The van der Waals surface area contributed by atoms with Gasteiger partial charge in [-0.2, -0.15) is 0 Å². The van der Waals surface area contributed by atoms with Gasteiger partial charge in [-0.1, -0.05) is 0 Å². The van der Waals surface area contributed by atoms with E-state index >= 15 is 0 Å². The zero-order valence-electron chi connectivity index (χ0n) is 8.74. The molecule has 0 spiro atoms. The second-order valence-electron chi connectivity index (χ2n) is 3.89. The van der Waals surface area contributed by atoms with Crippen molar-refractivity contribution in [3.63, 3.8) is 0 Å². The minimum absolute atomic E-state index is 0.0234. The van der Waals surface area contributed by atoms with Crippen LogP contribution in [0.1, 0.15) is 25.7 Å². The van der Waals surface area contributed by atoms with Crippen LogP contribution in [-0.2, 0) is 14.6 Å². The van der Waals surface area contributed by atoms with Crippen molar-refractivity contribution in [2.75, 3.05) is 18.1 Å². The van der Waals surface area contributed by atoms with E-state index in [1.54, 1.807) is 0 Å². The van der Waals surface area contributed by atoms with Gasteiger partial charge in [0, 0.05) is 12.5 Å². The summed E-state index contributed by atoms with van der Waals surface area (Å²) in [5, 5.41) is 2.83. The summed E-state index contributed by atoms with van der Waals surface area (Å²) >= 11 is 0. The number of hydrogen-bond acceptors (Lipinski definition) is 4. The molecule has 0 radical (unpaired) electrons. The molecule has 0 aromatic heterocycles. The minimum Gasteiger partial charge on any atom is -0.353 e. The van der Waals surface area contributed by atoms with Gasteiger partial charge in [-0.05, 0) is 25.8 Å². The Balaban J connectivity index is 2.26. The number of carbonyl (C=O) groups excluding carboxylic acids is 1. The van der Waals surface area contributed by atoms with E-state index in [0.717, 1.165) is 0 Å². The quantitative estimate of drug-likeness (QED) is 0.681. The Hall–Kier alpha value is -0.620. The van der Waals surface area contributed by atoms with Crippen LogP contribution >= 0.6 is 0 Å². The largest absolute Gasteiger partial charge is 0.353 e. The van der Waals surface area contributed by atoms with Gasteiger partial charge < -0.3 is 11.1 Å². The van der Waals surface area contributed by atoms with Gasteiger partial charge in [0.2, 0.25) is 5.91 Å². The van der Waals surface area contributed by atoms with Crippen molar-refractivity contribution in [1.82, 2.24) is 5.32 Å². The number of hydrogen-bond donors (Lipinski definition) is 2. The molecule has 1 rings (SSSR count). The molecule has 1 aliphatic heterocycles. The summed E-state index contributed by atoms with van der Waals surface area (Å²) in [6.45, 7) is 0.506. The van der Waals surface area contributed by atoms with Crippen molar-refractivity contribution in [3.05, 3.63) is 0 Å². The van der Waals surface area contributed by atoms with E-state index in [1.165, 1.54) is 0 Å². The van der Waals surface area contributed by atoms with Crippen molar-refractivity contribution in [2.24, 2.45) is 5.73 Å². The van der Waals surface area contributed by atoms with Crippen LogP contribution in [0.2, 0.25) is 0 Å². The molecule has 0 bridgehead atoms. The fourth-order valence-electron chi connectivity index (χ4n) is 1.60. The predicted molar refractivity (Wildman–Crippen MR) is 58.1 cm³/mol. The van der Waals surface area contributed by atoms with Gasteiger partial charge in [-0.15, -0.1) is 0 Å². The number of sulfone groups is 1. The third-order valence-electron chi connectivity index (χ3n) is 2.53. The number of amides is 1. The number of nitrogens with two attached hydrogens (primary N) is 1. The Morgan fingerprint density at radius 1 is 1.33 bits per heavy atom. The average molecular weight is 234 g/mol. The van der Waals surface area contributed by atoms with Crippen LogP contribution in [-0.4, -0.2) is 38.4 Å². The molecule has 0 unspecified atom stereocenters. The summed E-state index contributed by atoms with van der Waals surface area (Å²) in [6.07, 6.45) is 2.18. The van der Waals surface area contributed by atoms with Gasteiger partial charge in [0.1, 0.15) is 9.84 Å². The molecule has 1 heterocycles. The highest BCUT2D eigenvalue weighted by molar-refractivity contribution is 7.91. The lowest BCUT2D eigenvalue weighted by Gasteiger charge is -2.22. The van der Waals surface area contributed by atoms with E-state index in [9.17, 15) is 13.2 Å². The van der Waals surface area contributed by atoms with E-state index < -0.39 is 9.84 Å². The highest BCUT2D eigenvalue weighted by atomic mass is 32.2. The summed E-state index contributed by atoms with van der Waals surface area (Å²) in [4.78, 5) is 11.3. The smallest absolute Gasteiger partial charge is 0.220 e. The van der Waals surface area contributed by atoms with E-state index in [2.05, 4.69) is 5.32 Å². The summed E-state index contributed by atoms with van der Waals surface area (Å²) in [5.74, 6) is 0.355. The molecular weight excluding hydrogens is 216 g/mol. The maximum Gasteiger partial charge on any atom is 0.220 e. The van der Waals surface area contributed by atoms with E-state index in [1.807, 2.05) is 0 Å². The fraction of sp³-hybridized carbons (Fsp3) is 0.889. The van der Waals surface area contributed by atoms with Crippen LogP contribution in [0, 0.1) is 0 Å². The first-order chi connectivity index (χ1) is 7.03. The fourth-order valence-corrected chi connectivity index (χ4v) is 3.09. The van der Waals surface area contributed by atoms with E-state index in [4.69, 9.17) is 5.73 Å². The Kier molecular flexibility index (Phi) is 4.53. The van der Waals surface area contributed by atoms with Gasteiger partial charge in [-0.25, -0.2) is 8.42 Å². The van der Waals surface area contributed by atoms with E-state index in [0.29, 0.717) is 32.2 Å². The van der Waals surface area contributed by atoms with Crippen LogP contribution in [0.5, 0.6) is 0 Å². The first-order valence-electron chi connectivity index (χ1n) is 5.23. The first kappa shape index (κ1) is 12.4. The predicted octanol–water partition coefficient (Wildman–Crippen LogP) is -0.581. The third kappa shape index (κ3) is 4.61. The Morgan fingerprint density at radius 3 is 2.47 bits per heavy atom. The van der Waals surface area contributed by atoms with Crippen molar-refractivity contribution >= 4 is 15.7 Å². The van der Waals surface area contributed by atoms with Crippen molar-refractivity contribution < 1.29 is 13.2 Å². The maximum absolute atomic E-state index is 11.3. The molecule has 0 aromatic rings. The molecule has 5 nitrogen and oxygen atoms in total. The average Bonchev–Trinajstić information content (AvgIpc) is 2.18. The molecule has 3 N–H and O–H groups in total. The number of carbonyl (C=O) groups is 1.